The predicted octanol–water partition coefficient (Wildman–Crippen LogP) is 7.36. The lowest BCUT2D eigenvalue weighted by molar-refractivity contribution is -0.148. The second-order valence-electron chi connectivity index (χ2n) is 13.8. The summed E-state index contributed by atoms with van der Waals surface area (Å²) < 4.78 is 0. The molecule has 0 aliphatic heterocycles. The highest BCUT2D eigenvalue weighted by molar-refractivity contribution is 5.10. The molecule has 2 nitrogen and oxygen atoms in total. The van der Waals surface area contributed by atoms with E-state index >= 15 is 0 Å². The topological polar surface area (TPSA) is 40.5 Å². The number of hydrogen-bond acceptors (Lipinski definition) is 2. The smallest absolute Gasteiger partial charge is 0.0622 e. The van der Waals surface area contributed by atoms with Gasteiger partial charge in [0, 0.05) is 0 Å². The van der Waals surface area contributed by atoms with Gasteiger partial charge in [0.05, 0.1) is 11.2 Å². The predicted molar refractivity (Wildman–Crippen MR) is 130 cm³/mol. The second-order valence-corrected chi connectivity index (χ2v) is 13.8. The molecular weight excluding hydrogens is 380 g/mol. The van der Waals surface area contributed by atoms with Gasteiger partial charge < -0.3 is 10.2 Å². The molecule has 4 fully saturated rings. The molecule has 4 aliphatic carbocycles. The van der Waals surface area contributed by atoms with Crippen LogP contribution >= 0.6 is 0 Å². The first-order chi connectivity index (χ1) is 14.4. The van der Waals surface area contributed by atoms with Gasteiger partial charge in [-0.1, -0.05) is 34.1 Å². The minimum Gasteiger partial charge on any atom is -0.390 e. The van der Waals surface area contributed by atoms with Crippen molar-refractivity contribution >= 4 is 0 Å². The van der Waals surface area contributed by atoms with Crippen LogP contribution in [0.15, 0.2) is 0 Å². The summed E-state index contributed by atoms with van der Waals surface area (Å²) in [5.41, 5.74) is 0.0808. The van der Waals surface area contributed by atoms with Crippen LogP contribution in [0, 0.1) is 46.3 Å². The van der Waals surface area contributed by atoms with Gasteiger partial charge >= 0.3 is 0 Å². The van der Waals surface area contributed by atoms with Crippen molar-refractivity contribution in [3.8, 4) is 0 Å². The second kappa shape index (κ2) is 8.30. The van der Waals surface area contributed by atoms with E-state index in [1.54, 1.807) is 0 Å². The van der Waals surface area contributed by atoms with Crippen LogP contribution in [0.2, 0.25) is 0 Å². The first-order valence-electron chi connectivity index (χ1n) is 13.9. The number of aliphatic hydroxyl groups is 2. The summed E-state index contributed by atoms with van der Waals surface area (Å²) in [5, 5.41) is 21.4. The van der Waals surface area contributed by atoms with Crippen molar-refractivity contribution in [2.75, 3.05) is 0 Å². The molecule has 0 radical (unpaired) electrons. The lowest BCUT2D eigenvalue weighted by atomic mass is 9.43. The average Bonchev–Trinajstić information content (AvgIpc) is 3.04. The van der Waals surface area contributed by atoms with Crippen LogP contribution in [-0.2, 0) is 0 Å². The molecule has 10 atom stereocenters. The van der Waals surface area contributed by atoms with Gasteiger partial charge in [0.15, 0.2) is 0 Å². The molecule has 2 unspecified atom stereocenters. The molecule has 0 amide bonds. The molecule has 4 aliphatic rings. The van der Waals surface area contributed by atoms with Gasteiger partial charge in [-0.15, -0.1) is 0 Å². The monoisotopic (exact) mass is 432 g/mol. The SMILES string of the molecule is CCCC(C)(O)CCC(C)[C@H]1CC[C@H]2[C@@H]3CC[C@H]4C[C@@](C)(O)CC[C@]4(C)[C@H]3CC[C@]12C. The quantitative estimate of drug-likeness (QED) is 0.460. The molecule has 0 heterocycles. The van der Waals surface area contributed by atoms with E-state index in [-0.39, 0.29) is 0 Å². The summed E-state index contributed by atoms with van der Waals surface area (Å²) in [7, 11) is 0. The molecule has 31 heavy (non-hydrogen) atoms. The zero-order chi connectivity index (χ0) is 22.7. The number of fused-ring (bicyclic) bond motifs is 5. The Balaban J connectivity index is 1.45. The minimum absolute atomic E-state index is 0.424. The first-order valence-corrected chi connectivity index (χ1v) is 13.9. The van der Waals surface area contributed by atoms with Gasteiger partial charge in [-0.25, -0.2) is 0 Å². The molecule has 2 heteroatoms. The molecular formula is C29H52O2. The largest absolute Gasteiger partial charge is 0.390 e. The van der Waals surface area contributed by atoms with Crippen molar-refractivity contribution in [2.45, 2.75) is 136 Å². The van der Waals surface area contributed by atoms with E-state index in [9.17, 15) is 10.2 Å². The third-order valence-corrected chi connectivity index (χ3v) is 11.6. The van der Waals surface area contributed by atoms with Crippen molar-refractivity contribution in [3.63, 3.8) is 0 Å². The summed E-state index contributed by atoms with van der Waals surface area (Å²) in [6, 6.07) is 0. The third-order valence-electron chi connectivity index (χ3n) is 11.6. The fraction of sp³-hybridized carbons (Fsp3) is 1.00. The molecule has 0 spiro atoms. The molecule has 4 saturated carbocycles. The maximum Gasteiger partial charge on any atom is 0.0622 e. The Bertz CT molecular complexity index is 639. The molecule has 0 bridgehead atoms. The Hall–Kier alpha value is -0.0800. The van der Waals surface area contributed by atoms with Gasteiger partial charge in [0.2, 0.25) is 0 Å². The van der Waals surface area contributed by atoms with Crippen LogP contribution in [0.1, 0.15) is 125 Å². The van der Waals surface area contributed by atoms with E-state index in [1.165, 1.54) is 51.4 Å². The molecule has 0 aromatic heterocycles. The molecule has 0 aromatic rings. The standard InChI is InChI=1S/C29H52O2/c1-7-14-26(3,30)15-12-20(2)23-10-11-24-22-9-8-21-19-27(4,31)17-18-28(21,5)25(22)13-16-29(23,24)6/h20-25,30-31H,7-19H2,1-6H3/t20?,21-,22-,23+,24-,25-,26?,27-,28-,29+/m0/s1. The summed E-state index contributed by atoms with van der Waals surface area (Å²) in [6.07, 6.45) is 15.9. The van der Waals surface area contributed by atoms with Crippen molar-refractivity contribution < 1.29 is 10.2 Å². The maximum absolute atomic E-state index is 10.7. The van der Waals surface area contributed by atoms with E-state index < -0.39 is 11.2 Å². The van der Waals surface area contributed by atoms with Crippen LogP contribution in [0.25, 0.3) is 0 Å². The van der Waals surface area contributed by atoms with Crippen LogP contribution in [-0.4, -0.2) is 21.4 Å². The molecule has 4 rings (SSSR count). The Kier molecular flexibility index (Phi) is 6.44. The zero-order valence-corrected chi connectivity index (χ0v) is 21.6. The van der Waals surface area contributed by atoms with Crippen LogP contribution in [0.4, 0.5) is 0 Å². The Morgan fingerprint density at radius 2 is 1.61 bits per heavy atom. The molecule has 2 N–H and O–H groups in total. The van der Waals surface area contributed by atoms with E-state index in [2.05, 4.69) is 34.6 Å². The van der Waals surface area contributed by atoms with E-state index in [1.807, 2.05) is 6.92 Å². The lowest BCUT2D eigenvalue weighted by Crippen LogP contribution is -2.55. The fourth-order valence-electron chi connectivity index (χ4n) is 9.81. The van der Waals surface area contributed by atoms with Crippen molar-refractivity contribution in [1.82, 2.24) is 0 Å². The van der Waals surface area contributed by atoms with Gasteiger partial charge in [-0.05, 0) is 137 Å². The Morgan fingerprint density at radius 3 is 2.32 bits per heavy atom. The van der Waals surface area contributed by atoms with E-state index in [0.717, 1.165) is 67.6 Å². The minimum atomic E-state index is -0.477. The number of hydrogen-bond donors (Lipinski definition) is 2. The highest BCUT2D eigenvalue weighted by Crippen LogP contribution is 2.68. The fourth-order valence-corrected chi connectivity index (χ4v) is 9.81. The molecule has 0 aromatic carbocycles. The number of rotatable bonds is 6. The maximum atomic E-state index is 10.7. The van der Waals surface area contributed by atoms with Gasteiger partial charge in [0.25, 0.3) is 0 Å². The first kappa shape index (κ1) is 24.1. The lowest BCUT2D eigenvalue weighted by Gasteiger charge is -2.62. The summed E-state index contributed by atoms with van der Waals surface area (Å²) in [4.78, 5) is 0. The highest BCUT2D eigenvalue weighted by Gasteiger charge is 2.61. The van der Waals surface area contributed by atoms with Gasteiger partial charge in [-0.2, -0.15) is 0 Å². The van der Waals surface area contributed by atoms with Gasteiger partial charge in [-0.3, -0.25) is 0 Å². The average molecular weight is 433 g/mol. The highest BCUT2D eigenvalue weighted by atomic mass is 16.3. The van der Waals surface area contributed by atoms with Crippen LogP contribution in [0.5, 0.6) is 0 Å². The van der Waals surface area contributed by atoms with E-state index in [0.29, 0.717) is 10.8 Å². The summed E-state index contributed by atoms with van der Waals surface area (Å²) in [5.74, 6) is 5.03. The van der Waals surface area contributed by atoms with E-state index in [4.69, 9.17) is 0 Å². The van der Waals surface area contributed by atoms with Gasteiger partial charge in [0.1, 0.15) is 0 Å². The van der Waals surface area contributed by atoms with Crippen LogP contribution < -0.4 is 0 Å². The normalized spacial score (nSPS) is 50.1. The Labute approximate surface area is 193 Å². The van der Waals surface area contributed by atoms with Crippen molar-refractivity contribution in [3.05, 3.63) is 0 Å². The molecule has 0 saturated heterocycles. The summed E-state index contributed by atoms with van der Waals surface area (Å²) >= 11 is 0. The third kappa shape index (κ3) is 4.27. The zero-order valence-electron chi connectivity index (χ0n) is 21.6. The van der Waals surface area contributed by atoms with Crippen molar-refractivity contribution in [2.24, 2.45) is 46.3 Å². The summed E-state index contributed by atoms with van der Waals surface area (Å²) in [6.45, 7) is 14.1. The van der Waals surface area contributed by atoms with Crippen molar-refractivity contribution in [1.29, 1.82) is 0 Å². The van der Waals surface area contributed by atoms with Crippen LogP contribution in [0.3, 0.4) is 0 Å². The molecule has 180 valence electrons. The Morgan fingerprint density at radius 1 is 0.903 bits per heavy atom.